The highest BCUT2D eigenvalue weighted by atomic mass is 15.3. The highest BCUT2D eigenvalue weighted by molar-refractivity contribution is 5.05. The van der Waals surface area contributed by atoms with E-state index >= 15 is 0 Å². The van der Waals surface area contributed by atoms with E-state index in [1.807, 2.05) is 0 Å². The molecule has 5 heteroatoms. The summed E-state index contributed by atoms with van der Waals surface area (Å²) in [5.74, 6) is 2.96. The van der Waals surface area contributed by atoms with Gasteiger partial charge in [0.15, 0.2) is 0 Å². The number of piperidine rings is 1. The molecule has 0 radical (unpaired) electrons. The van der Waals surface area contributed by atoms with Crippen molar-refractivity contribution in [2.24, 2.45) is 0 Å². The zero-order valence-corrected chi connectivity index (χ0v) is 9.82. The van der Waals surface area contributed by atoms with Crippen molar-refractivity contribution in [2.45, 2.75) is 31.8 Å². The third-order valence-electron chi connectivity index (χ3n) is 3.74. The molecule has 0 bridgehead atoms. The number of rotatable bonds is 1. The van der Waals surface area contributed by atoms with Crippen LogP contribution in [-0.4, -0.2) is 46.3 Å². The van der Waals surface area contributed by atoms with Crippen LogP contribution >= 0.6 is 0 Å². The molecule has 0 saturated carbocycles. The van der Waals surface area contributed by atoms with E-state index in [1.54, 1.807) is 0 Å². The molecule has 3 rings (SSSR count). The highest BCUT2D eigenvalue weighted by Crippen LogP contribution is 2.26. The van der Waals surface area contributed by atoms with Crippen LogP contribution in [0.2, 0.25) is 0 Å². The summed E-state index contributed by atoms with van der Waals surface area (Å²) in [7, 11) is 2.19. The van der Waals surface area contributed by atoms with Gasteiger partial charge in [-0.25, -0.2) is 0 Å². The molecule has 0 unspecified atom stereocenters. The average Bonchev–Trinajstić information content (AvgIpc) is 2.74. The van der Waals surface area contributed by atoms with Gasteiger partial charge in [-0.05, 0) is 33.0 Å². The molecular formula is C11H19N5. The Hall–Kier alpha value is -0.940. The van der Waals surface area contributed by atoms with Gasteiger partial charge in [0.1, 0.15) is 11.6 Å². The van der Waals surface area contributed by atoms with Crippen LogP contribution in [0.5, 0.6) is 0 Å². The molecule has 0 aliphatic carbocycles. The van der Waals surface area contributed by atoms with Gasteiger partial charge >= 0.3 is 0 Å². The van der Waals surface area contributed by atoms with Crippen molar-refractivity contribution < 1.29 is 0 Å². The predicted molar refractivity (Wildman–Crippen MR) is 61.2 cm³/mol. The maximum absolute atomic E-state index is 4.40. The molecule has 1 aromatic rings. The van der Waals surface area contributed by atoms with Crippen LogP contribution in [0.1, 0.15) is 30.4 Å². The van der Waals surface area contributed by atoms with Gasteiger partial charge in [-0.15, -0.1) is 10.2 Å². The number of hydrogen-bond acceptors (Lipinski definition) is 4. The molecular weight excluding hydrogens is 202 g/mol. The SMILES string of the molecule is CN1CCC(c2nnc3n2CCNC3)CC1. The molecule has 1 aromatic heterocycles. The maximum Gasteiger partial charge on any atom is 0.147 e. The minimum Gasteiger partial charge on any atom is -0.312 e. The summed E-state index contributed by atoms with van der Waals surface area (Å²) >= 11 is 0. The Balaban J connectivity index is 1.81. The molecule has 0 aromatic carbocycles. The third-order valence-corrected chi connectivity index (χ3v) is 3.74. The minimum absolute atomic E-state index is 0.621. The Labute approximate surface area is 95.8 Å². The van der Waals surface area contributed by atoms with Crippen LogP contribution < -0.4 is 5.32 Å². The normalized spacial score (nSPS) is 23.3. The van der Waals surface area contributed by atoms with Crippen molar-refractivity contribution in [3.05, 3.63) is 11.6 Å². The molecule has 1 saturated heterocycles. The molecule has 1 N–H and O–H groups in total. The lowest BCUT2D eigenvalue weighted by Gasteiger charge is -2.29. The Bertz CT molecular complexity index is 364. The summed E-state index contributed by atoms with van der Waals surface area (Å²) in [6.45, 7) is 5.32. The van der Waals surface area contributed by atoms with E-state index in [0.29, 0.717) is 5.92 Å². The van der Waals surface area contributed by atoms with Crippen LogP contribution in [0, 0.1) is 0 Å². The standard InChI is InChI=1S/C11H19N5/c1-15-5-2-9(3-6-15)11-14-13-10-8-12-4-7-16(10)11/h9,12H,2-8H2,1H3. The van der Waals surface area contributed by atoms with Crippen molar-refractivity contribution in [1.82, 2.24) is 25.0 Å². The first kappa shape index (κ1) is 10.2. The average molecular weight is 221 g/mol. The molecule has 3 heterocycles. The molecule has 0 spiro atoms. The fraction of sp³-hybridized carbons (Fsp3) is 0.818. The second-order valence-electron chi connectivity index (χ2n) is 4.88. The maximum atomic E-state index is 4.40. The van der Waals surface area contributed by atoms with E-state index in [0.717, 1.165) is 25.5 Å². The third kappa shape index (κ3) is 1.74. The largest absolute Gasteiger partial charge is 0.312 e. The Morgan fingerprint density at radius 2 is 2.00 bits per heavy atom. The van der Waals surface area contributed by atoms with Crippen molar-refractivity contribution in [1.29, 1.82) is 0 Å². The van der Waals surface area contributed by atoms with Gasteiger partial charge in [0, 0.05) is 19.0 Å². The minimum atomic E-state index is 0.621. The van der Waals surface area contributed by atoms with Crippen LogP contribution in [0.4, 0.5) is 0 Å². The lowest BCUT2D eigenvalue weighted by molar-refractivity contribution is 0.247. The molecule has 2 aliphatic rings. The quantitative estimate of drug-likeness (QED) is 0.735. The van der Waals surface area contributed by atoms with Gasteiger partial charge in [-0.3, -0.25) is 0 Å². The number of fused-ring (bicyclic) bond motifs is 1. The van der Waals surface area contributed by atoms with E-state index < -0.39 is 0 Å². The Morgan fingerprint density at radius 1 is 1.19 bits per heavy atom. The molecule has 16 heavy (non-hydrogen) atoms. The Kier molecular flexibility index (Phi) is 2.65. The van der Waals surface area contributed by atoms with Crippen LogP contribution in [0.3, 0.4) is 0 Å². The molecule has 5 nitrogen and oxygen atoms in total. The summed E-state index contributed by atoms with van der Waals surface area (Å²) in [5.41, 5.74) is 0. The van der Waals surface area contributed by atoms with Gasteiger partial charge in [0.2, 0.25) is 0 Å². The number of nitrogens with one attached hydrogen (secondary N) is 1. The van der Waals surface area contributed by atoms with E-state index in [-0.39, 0.29) is 0 Å². The van der Waals surface area contributed by atoms with Crippen LogP contribution in [-0.2, 0) is 13.1 Å². The van der Waals surface area contributed by atoms with Crippen LogP contribution in [0.25, 0.3) is 0 Å². The molecule has 0 atom stereocenters. The first-order valence-electron chi connectivity index (χ1n) is 6.16. The van der Waals surface area contributed by atoms with Gasteiger partial charge in [0.05, 0.1) is 6.54 Å². The van der Waals surface area contributed by atoms with Crippen LogP contribution in [0.15, 0.2) is 0 Å². The van der Waals surface area contributed by atoms with Gasteiger partial charge < -0.3 is 14.8 Å². The molecule has 0 amide bonds. The van der Waals surface area contributed by atoms with Crippen molar-refractivity contribution in [3.63, 3.8) is 0 Å². The van der Waals surface area contributed by atoms with Gasteiger partial charge in [-0.1, -0.05) is 0 Å². The fourth-order valence-corrected chi connectivity index (χ4v) is 2.68. The number of hydrogen-bond donors (Lipinski definition) is 1. The summed E-state index contributed by atoms with van der Waals surface area (Å²) < 4.78 is 2.33. The number of nitrogens with zero attached hydrogens (tertiary/aromatic N) is 4. The van der Waals surface area contributed by atoms with E-state index in [4.69, 9.17) is 0 Å². The van der Waals surface area contributed by atoms with E-state index in [1.165, 1.54) is 31.8 Å². The number of likely N-dealkylation sites (tertiary alicyclic amines) is 1. The second kappa shape index (κ2) is 4.14. The van der Waals surface area contributed by atoms with Gasteiger partial charge in [0.25, 0.3) is 0 Å². The van der Waals surface area contributed by atoms with Gasteiger partial charge in [-0.2, -0.15) is 0 Å². The zero-order valence-electron chi connectivity index (χ0n) is 9.82. The topological polar surface area (TPSA) is 46.0 Å². The second-order valence-corrected chi connectivity index (χ2v) is 4.88. The van der Waals surface area contributed by atoms with Crippen molar-refractivity contribution in [2.75, 3.05) is 26.7 Å². The summed E-state index contributed by atoms with van der Waals surface area (Å²) in [4.78, 5) is 2.39. The van der Waals surface area contributed by atoms with E-state index in [2.05, 4.69) is 32.0 Å². The monoisotopic (exact) mass is 221 g/mol. The molecule has 2 aliphatic heterocycles. The first-order valence-corrected chi connectivity index (χ1v) is 6.16. The highest BCUT2D eigenvalue weighted by Gasteiger charge is 2.25. The fourth-order valence-electron chi connectivity index (χ4n) is 2.68. The van der Waals surface area contributed by atoms with Crippen molar-refractivity contribution >= 4 is 0 Å². The lowest BCUT2D eigenvalue weighted by atomic mass is 9.96. The molecule has 1 fully saturated rings. The number of aromatic nitrogens is 3. The smallest absolute Gasteiger partial charge is 0.147 e. The Morgan fingerprint density at radius 3 is 2.81 bits per heavy atom. The lowest BCUT2D eigenvalue weighted by Crippen LogP contribution is -2.33. The van der Waals surface area contributed by atoms with E-state index in [9.17, 15) is 0 Å². The summed E-state index contributed by atoms with van der Waals surface area (Å²) in [5, 5.41) is 12.0. The summed E-state index contributed by atoms with van der Waals surface area (Å²) in [6.07, 6.45) is 2.45. The first-order chi connectivity index (χ1) is 7.84. The predicted octanol–water partition coefficient (Wildman–Crippen LogP) is 0.190. The summed E-state index contributed by atoms with van der Waals surface area (Å²) in [6, 6.07) is 0. The molecule has 88 valence electrons. The van der Waals surface area contributed by atoms with Crippen molar-refractivity contribution in [3.8, 4) is 0 Å². The zero-order chi connectivity index (χ0) is 11.0.